The van der Waals surface area contributed by atoms with Crippen LogP contribution in [-0.2, 0) is 6.42 Å². The number of methoxy groups -OCH3 is 1. The molecule has 0 radical (unpaired) electrons. The first kappa shape index (κ1) is 13.3. The average molecular weight is 302 g/mol. The van der Waals surface area contributed by atoms with Crippen molar-refractivity contribution in [2.75, 3.05) is 7.11 Å². The van der Waals surface area contributed by atoms with Gasteiger partial charge in [-0.1, -0.05) is 17.7 Å². The number of hydrogen-bond acceptors (Lipinski definition) is 4. The summed E-state index contributed by atoms with van der Waals surface area (Å²) in [6.45, 7) is 2.02. The van der Waals surface area contributed by atoms with E-state index >= 15 is 0 Å². The lowest BCUT2D eigenvalue weighted by Gasteiger charge is -2.08. The Morgan fingerprint density at radius 2 is 2.05 bits per heavy atom. The van der Waals surface area contributed by atoms with Gasteiger partial charge >= 0.3 is 0 Å². The number of carbonyl (C=O) groups excluding carboxylic acids is 1. The Morgan fingerprint density at radius 3 is 2.80 bits per heavy atom. The van der Waals surface area contributed by atoms with Crippen molar-refractivity contribution in [2.45, 2.75) is 13.3 Å². The molecule has 2 nitrogen and oxygen atoms in total. The Labute approximate surface area is 125 Å². The van der Waals surface area contributed by atoms with E-state index in [9.17, 15) is 4.79 Å². The predicted octanol–water partition coefficient (Wildman–Crippen LogP) is 4.71. The van der Waals surface area contributed by atoms with Crippen LogP contribution in [0.15, 0.2) is 35.7 Å². The van der Waals surface area contributed by atoms with E-state index in [2.05, 4.69) is 11.4 Å². The number of ether oxygens (including phenoxy) is 1. The maximum Gasteiger partial charge on any atom is 0.177 e. The first-order chi connectivity index (χ1) is 9.67. The van der Waals surface area contributed by atoms with Gasteiger partial charge in [0.05, 0.1) is 12.0 Å². The summed E-state index contributed by atoms with van der Waals surface area (Å²) >= 11 is 3.24. The molecule has 0 amide bonds. The second kappa shape index (κ2) is 5.38. The Morgan fingerprint density at radius 1 is 1.20 bits per heavy atom. The highest BCUT2D eigenvalue weighted by atomic mass is 32.1. The maximum atomic E-state index is 12.4. The van der Waals surface area contributed by atoms with Crippen LogP contribution >= 0.6 is 22.7 Å². The Bertz CT molecular complexity index is 739. The lowest BCUT2D eigenvalue weighted by atomic mass is 10.0. The molecule has 0 aliphatic carbocycles. The summed E-state index contributed by atoms with van der Waals surface area (Å²) in [5, 5.41) is 2.05. The van der Waals surface area contributed by atoms with Crippen LogP contribution in [0.3, 0.4) is 0 Å². The lowest BCUT2D eigenvalue weighted by Crippen LogP contribution is -2.03. The highest BCUT2D eigenvalue weighted by molar-refractivity contribution is 7.27. The number of Topliss-reactive ketones (excluding diaryl/α,β-unsaturated/α-hetero) is 1. The third-order valence-corrected chi connectivity index (χ3v) is 5.34. The molecule has 0 bridgehead atoms. The van der Waals surface area contributed by atoms with Crippen LogP contribution < -0.4 is 4.74 Å². The molecule has 20 heavy (non-hydrogen) atoms. The predicted molar refractivity (Wildman–Crippen MR) is 85.5 cm³/mol. The van der Waals surface area contributed by atoms with E-state index in [0.29, 0.717) is 6.42 Å². The van der Waals surface area contributed by atoms with Crippen LogP contribution in [0.5, 0.6) is 5.75 Å². The van der Waals surface area contributed by atoms with Gasteiger partial charge in [0, 0.05) is 21.4 Å². The molecule has 0 saturated heterocycles. The largest absolute Gasteiger partial charge is 0.496 e. The fourth-order valence-corrected chi connectivity index (χ4v) is 4.26. The Hall–Kier alpha value is -1.65. The second-order valence-corrected chi connectivity index (χ2v) is 6.71. The van der Waals surface area contributed by atoms with E-state index in [1.807, 2.05) is 31.2 Å². The third-order valence-electron chi connectivity index (χ3n) is 3.20. The van der Waals surface area contributed by atoms with Gasteiger partial charge in [0.25, 0.3) is 0 Å². The van der Waals surface area contributed by atoms with Crippen LogP contribution in [0.25, 0.3) is 9.40 Å². The Balaban J connectivity index is 1.88. The van der Waals surface area contributed by atoms with Gasteiger partial charge in [0.2, 0.25) is 0 Å². The van der Waals surface area contributed by atoms with Crippen LogP contribution in [0.1, 0.15) is 20.8 Å². The third kappa shape index (κ3) is 2.49. The highest BCUT2D eigenvalue weighted by Gasteiger charge is 2.14. The maximum absolute atomic E-state index is 12.4. The molecule has 2 aromatic heterocycles. The van der Waals surface area contributed by atoms with Gasteiger partial charge in [-0.3, -0.25) is 4.79 Å². The first-order valence-electron chi connectivity index (χ1n) is 6.31. The van der Waals surface area contributed by atoms with Crippen LogP contribution in [-0.4, -0.2) is 12.9 Å². The number of fused-ring (bicyclic) bond motifs is 1. The summed E-state index contributed by atoms with van der Waals surface area (Å²) < 4.78 is 7.71. The normalized spacial score (nSPS) is 10.9. The van der Waals surface area contributed by atoms with Crippen molar-refractivity contribution < 1.29 is 9.53 Å². The van der Waals surface area contributed by atoms with E-state index in [4.69, 9.17) is 4.74 Å². The minimum atomic E-state index is 0.155. The van der Waals surface area contributed by atoms with E-state index < -0.39 is 0 Å². The standard InChI is InChI=1S/C16H14O2S2/c1-10-3-4-13(18-2)11(7-10)8-12(17)15-9-16-14(20-15)5-6-19-16/h3-7,9H,8H2,1-2H3. The molecule has 3 rings (SSSR count). The fraction of sp³-hybridized carbons (Fsp3) is 0.188. The summed E-state index contributed by atoms with van der Waals surface area (Å²) in [4.78, 5) is 13.2. The number of aryl methyl sites for hydroxylation is 1. The number of rotatable bonds is 4. The molecular weight excluding hydrogens is 288 g/mol. The number of ketones is 1. The van der Waals surface area contributed by atoms with Gasteiger partial charge in [-0.2, -0.15) is 0 Å². The van der Waals surface area contributed by atoms with Crippen molar-refractivity contribution in [3.05, 3.63) is 51.7 Å². The highest BCUT2D eigenvalue weighted by Crippen LogP contribution is 2.31. The molecule has 0 atom stereocenters. The number of hydrogen-bond donors (Lipinski definition) is 0. The fourth-order valence-electron chi connectivity index (χ4n) is 2.21. The van der Waals surface area contributed by atoms with Gasteiger partial charge in [-0.15, -0.1) is 22.7 Å². The van der Waals surface area contributed by atoms with Gasteiger partial charge in [0.1, 0.15) is 5.75 Å². The van der Waals surface area contributed by atoms with Gasteiger partial charge in [-0.25, -0.2) is 0 Å². The van der Waals surface area contributed by atoms with E-state index in [1.54, 1.807) is 29.8 Å². The summed E-state index contributed by atoms with van der Waals surface area (Å²) in [5.41, 5.74) is 2.09. The number of carbonyl (C=O) groups is 1. The van der Waals surface area contributed by atoms with Crippen molar-refractivity contribution in [2.24, 2.45) is 0 Å². The smallest absolute Gasteiger partial charge is 0.177 e. The van der Waals surface area contributed by atoms with E-state index in [-0.39, 0.29) is 5.78 Å². The van der Waals surface area contributed by atoms with Crippen LogP contribution in [0, 0.1) is 6.92 Å². The Kier molecular flexibility index (Phi) is 3.59. The summed E-state index contributed by atoms with van der Waals surface area (Å²) in [6, 6.07) is 10.00. The number of benzene rings is 1. The molecule has 0 aliphatic rings. The van der Waals surface area contributed by atoms with Crippen molar-refractivity contribution in [3.8, 4) is 5.75 Å². The zero-order valence-corrected chi connectivity index (χ0v) is 12.9. The molecule has 3 aromatic rings. The van der Waals surface area contributed by atoms with Gasteiger partial charge in [-0.05, 0) is 30.5 Å². The van der Waals surface area contributed by atoms with Crippen molar-refractivity contribution in [1.82, 2.24) is 0 Å². The molecule has 1 aromatic carbocycles. The zero-order valence-electron chi connectivity index (χ0n) is 11.3. The molecule has 0 saturated carbocycles. The molecule has 0 unspecified atom stereocenters. The van der Waals surface area contributed by atoms with Gasteiger partial charge < -0.3 is 4.74 Å². The minimum absolute atomic E-state index is 0.155. The molecular formula is C16H14O2S2. The molecule has 2 heterocycles. The molecule has 0 fully saturated rings. The summed E-state index contributed by atoms with van der Waals surface area (Å²) in [5.74, 6) is 0.935. The first-order valence-corrected chi connectivity index (χ1v) is 8.01. The summed E-state index contributed by atoms with van der Waals surface area (Å²) in [6.07, 6.45) is 0.388. The monoisotopic (exact) mass is 302 g/mol. The van der Waals surface area contributed by atoms with Crippen LogP contribution in [0.4, 0.5) is 0 Å². The van der Waals surface area contributed by atoms with E-state index in [1.165, 1.54) is 9.40 Å². The van der Waals surface area contributed by atoms with E-state index in [0.717, 1.165) is 21.8 Å². The molecule has 102 valence electrons. The summed E-state index contributed by atoms with van der Waals surface area (Å²) in [7, 11) is 1.64. The molecule has 0 N–H and O–H groups in total. The molecule has 0 spiro atoms. The average Bonchev–Trinajstić information content (AvgIpc) is 2.99. The molecule has 4 heteroatoms. The topological polar surface area (TPSA) is 26.3 Å². The quantitative estimate of drug-likeness (QED) is 0.653. The number of thiophene rings is 2. The second-order valence-electron chi connectivity index (χ2n) is 4.68. The zero-order chi connectivity index (χ0) is 14.1. The van der Waals surface area contributed by atoms with Crippen molar-refractivity contribution in [3.63, 3.8) is 0 Å². The minimum Gasteiger partial charge on any atom is -0.496 e. The molecule has 0 aliphatic heterocycles. The van der Waals surface area contributed by atoms with Crippen molar-refractivity contribution >= 4 is 37.9 Å². The van der Waals surface area contributed by atoms with Crippen molar-refractivity contribution in [1.29, 1.82) is 0 Å². The lowest BCUT2D eigenvalue weighted by molar-refractivity contribution is 0.0996. The van der Waals surface area contributed by atoms with Gasteiger partial charge in [0.15, 0.2) is 5.78 Å². The van der Waals surface area contributed by atoms with Crippen LogP contribution in [0.2, 0.25) is 0 Å². The SMILES string of the molecule is COc1ccc(C)cc1CC(=O)c1cc2sccc2s1.